The van der Waals surface area contributed by atoms with Crippen LogP contribution in [0.3, 0.4) is 0 Å². The summed E-state index contributed by atoms with van der Waals surface area (Å²) < 4.78 is 16.1. The number of primary amides is 1. The highest BCUT2D eigenvalue weighted by Crippen LogP contribution is 2.35. The lowest BCUT2D eigenvalue weighted by atomic mass is 9.99. The molecule has 1 amide bonds. The Morgan fingerprint density at radius 2 is 1.39 bits per heavy atom. The van der Waals surface area contributed by atoms with Gasteiger partial charge in [-0.3, -0.25) is 4.79 Å². The number of benzene rings is 3. The zero-order valence-electron chi connectivity index (χ0n) is 17.4. The van der Waals surface area contributed by atoms with Crippen molar-refractivity contribution in [2.75, 3.05) is 21.3 Å². The standard InChI is InChI=1S/C24H21N3O4/c1-29-20-9-6-15(11-22(20)31-3)14-5-8-19-18(10-14)23(27-13-26-19)16-4-7-17(24(25)28)21(12-16)30-2/h4-13H,1-3H3,(H2,25,28). The molecule has 0 atom stereocenters. The van der Waals surface area contributed by atoms with Gasteiger partial charge in [-0.2, -0.15) is 0 Å². The van der Waals surface area contributed by atoms with E-state index in [1.165, 1.54) is 13.4 Å². The molecule has 1 aromatic heterocycles. The molecule has 2 N–H and O–H groups in total. The Morgan fingerprint density at radius 3 is 2.10 bits per heavy atom. The minimum absolute atomic E-state index is 0.315. The molecule has 3 aromatic carbocycles. The van der Waals surface area contributed by atoms with E-state index in [-0.39, 0.29) is 0 Å². The number of nitrogens with zero attached hydrogens (tertiary/aromatic N) is 2. The maximum Gasteiger partial charge on any atom is 0.252 e. The van der Waals surface area contributed by atoms with Crippen molar-refractivity contribution in [1.82, 2.24) is 9.97 Å². The Balaban J connectivity index is 1.87. The summed E-state index contributed by atoms with van der Waals surface area (Å²) >= 11 is 0. The van der Waals surface area contributed by atoms with Crippen molar-refractivity contribution >= 4 is 16.8 Å². The molecule has 0 unspecified atom stereocenters. The summed E-state index contributed by atoms with van der Waals surface area (Å²) in [5.41, 5.74) is 10.0. The van der Waals surface area contributed by atoms with Crippen LogP contribution in [0.25, 0.3) is 33.3 Å². The second kappa shape index (κ2) is 8.31. The number of nitrogens with two attached hydrogens (primary N) is 1. The third kappa shape index (κ3) is 3.73. The topological polar surface area (TPSA) is 96.6 Å². The Hall–Kier alpha value is -4.13. The Labute approximate surface area is 179 Å². The molecule has 0 bridgehead atoms. The summed E-state index contributed by atoms with van der Waals surface area (Å²) in [6.07, 6.45) is 1.52. The molecule has 0 aliphatic heterocycles. The molecule has 31 heavy (non-hydrogen) atoms. The van der Waals surface area contributed by atoms with E-state index < -0.39 is 5.91 Å². The number of carbonyl (C=O) groups excluding carboxylic acids is 1. The molecule has 0 spiro atoms. The normalized spacial score (nSPS) is 10.7. The molecule has 0 aliphatic carbocycles. The van der Waals surface area contributed by atoms with Crippen molar-refractivity contribution in [3.05, 3.63) is 66.5 Å². The van der Waals surface area contributed by atoms with Gasteiger partial charge >= 0.3 is 0 Å². The number of amides is 1. The second-order valence-corrected chi connectivity index (χ2v) is 6.80. The molecular weight excluding hydrogens is 394 g/mol. The summed E-state index contributed by atoms with van der Waals surface area (Å²) in [6, 6.07) is 16.9. The molecule has 4 aromatic rings. The zero-order valence-corrected chi connectivity index (χ0v) is 17.4. The smallest absolute Gasteiger partial charge is 0.252 e. The first-order valence-electron chi connectivity index (χ1n) is 9.51. The average Bonchev–Trinajstić information content (AvgIpc) is 2.82. The number of hydrogen-bond acceptors (Lipinski definition) is 6. The van der Waals surface area contributed by atoms with Gasteiger partial charge in [0, 0.05) is 10.9 Å². The molecule has 0 aliphatic rings. The fourth-order valence-electron chi connectivity index (χ4n) is 3.52. The van der Waals surface area contributed by atoms with Crippen LogP contribution in [0.15, 0.2) is 60.9 Å². The highest BCUT2D eigenvalue weighted by Gasteiger charge is 2.14. The van der Waals surface area contributed by atoms with Crippen LogP contribution in [0, 0.1) is 0 Å². The van der Waals surface area contributed by atoms with E-state index in [1.807, 2.05) is 36.4 Å². The highest BCUT2D eigenvalue weighted by molar-refractivity contribution is 5.98. The Morgan fingerprint density at radius 1 is 0.742 bits per heavy atom. The van der Waals surface area contributed by atoms with Gasteiger partial charge in [0.1, 0.15) is 12.1 Å². The number of hydrogen-bond donors (Lipinski definition) is 1. The SMILES string of the molecule is COc1ccc(-c2ccc3ncnc(-c4ccc(C(N)=O)c(OC)c4)c3c2)cc1OC. The lowest BCUT2D eigenvalue weighted by Gasteiger charge is -2.12. The zero-order chi connectivity index (χ0) is 22.0. The molecule has 4 rings (SSSR count). The molecule has 0 fully saturated rings. The maximum absolute atomic E-state index is 11.6. The average molecular weight is 415 g/mol. The Kier molecular flexibility index (Phi) is 5.41. The minimum Gasteiger partial charge on any atom is -0.496 e. The van der Waals surface area contributed by atoms with Crippen LogP contribution < -0.4 is 19.9 Å². The van der Waals surface area contributed by atoms with E-state index in [4.69, 9.17) is 19.9 Å². The fraction of sp³-hybridized carbons (Fsp3) is 0.125. The van der Waals surface area contributed by atoms with Crippen LogP contribution >= 0.6 is 0 Å². The van der Waals surface area contributed by atoms with Crippen LogP contribution in [0.5, 0.6) is 17.2 Å². The van der Waals surface area contributed by atoms with Gasteiger partial charge in [-0.25, -0.2) is 9.97 Å². The molecule has 0 saturated heterocycles. The van der Waals surface area contributed by atoms with Gasteiger partial charge in [0.15, 0.2) is 11.5 Å². The highest BCUT2D eigenvalue weighted by atomic mass is 16.5. The molecule has 0 radical (unpaired) electrons. The summed E-state index contributed by atoms with van der Waals surface area (Å²) in [6.45, 7) is 0. The van der Waals surface area contributed by atoms with Crippen LogP contribution in [0.4, 0.5) is 0 Å². The Bertz CT molecular complexity index is 1290. The van der Waals surface area contributed by atoms with Gasteiger partial charge in [-0.15, -0.1) is 0 Å². The minimum atomic E-state index is -0.549. The van der Waals surface area contributed by atoms with Crippen molar-refractivity contribution in [3.63, 3.8) is 0 Å². The summed E-state index contributed by atoms with van der Waals surface area (Å²) in [5.74, 6) is 1.16. The third-order valence-electron chi connectivity index (χ3n) is 5.09. The van der Waals surface area contributed by atoms with Gasteiger partial charge in [-0.05, 0) is 47.5 Å². The molecule has 7 heteroatoms. The number of fused-ring (bicyclic) bond motifs is 1. The van der Waals surface area contributed by atoms with Crippen LogP contribution in [0.1, 0.15) is 10.4 Å². The van der Waals surface area contributed by atoms with Gasteiger partial charge in [0.25, 0.3) is 5.91 Å². The second-order valence-electron chi connectivity index (χ2n) is 6.80. The van der Waals surface area contributed by atoms with Crippen molar-refractivity contribution in [3.8, 4) is 39.6 Å². The first-order chi connectivity index (χ1) is 15.0. The number of carbonyl (C=O) groups is 1. The number of methoxy groups -OCH3 is 3. The summed E-state index contributed by atoms with van der Waals surface area (Å²) in [5, 5.41) is 0.865. The van der Waals surface area contributed by atoms with Gasteiger partial charge < -0.3 is 19.9 Å². The number of rotatable bonds is 6. The largest absolute Gasteiger partial charge is 0.496 e. The van der Waals surface area contributed by atoms with Gasteiger partial charge in [-0.1, -0.05) is 18.2 Å². The van der Waals surface area contributed by atoms with E-state index in [0.29, 0.717) is 22.8 Å². The maximum atomic E-state index is 11.6. The molecular formula is C24H21N3O4. The predicted molar refractivity (Wildman–Crippen MR) is 119 cm³/mol. The van der Waals surface area contributed by atoms with Gasteiger partial charge in [0.2, 0.25) is 0 Å². The molecule has 1 heterocycles. The summed E-state index contributed by atoms with van der Waals surface area (Å²) in [7, 11) is 4.71. The lowest BCUT2D eigenvalue weighted by molar-refractivity contribution is 0.0997. The predicted octanol–water partition coefficient (Wildman–Crippen LogP) is 4.09. The van der Waals surface area contributed by atoms with E-state index in [1.54, 1.807) is 32.4 Å². The van der Waals surface area contributed by atoms with E-state index >= 15 is 0 Å². The molecule has 156 valence electrons. The first-order valence-corrected chi connectivity index (χ1v) is 9.51. The van der Waals surface area contributed by atoms with E-state index in [2.05, 4.69) is 9.97 Å². The molecule has 0 saturated carbocycles. The third-order valence-corrected chi connectivity index (χ3v) is 5.09. The van der Waals surface area contributed by atoms with Gasteiger partial charge in [0.05, 0.1) is 38.1 Å². The van der Waals surface area contributed by atoms with Crippen molar-refractivity contribution in [2.24, 2.45) is 5.73 Å². The van der Waals surface area contributed by atoms with E-state index in [0.717, 1.165) is 33.3 Å². The van der Waals surface area contributed by atoms with Crippen molar-refractivity contribution in [2.45, 2.75) is 0 Å². The van der Waals surface area contributed by atoms with Crippen LogP contribution in [-0.4, -0.2) is 37.2 Å². The monoisotopic (exact) mass is 415 g/mol. The number of ether oxygens (including phenoxy) is 3. The molecule has 7 nitrogen and oxygen atoms in total. The summed E-state index contributed by atoms with van der Waals surface area (Å²) in [4.78, 5) is 20.5. The van der Waals surface area contributed by atoms with E-state index in [9.17, 15) is 4.79 Å². The lowest BCUT2D eigenvalue weighted by Crippen LogP contribution is -2.12. The fourth-order valence-corrected chi connectivity index (χ4v) is 3.52. The quantitative estimate of drug-likeness (QED) is 0.510. The van der Waals surface area contributed by atoms with Crippen molar-refractivity contribution < 1.29 is 19.0 Å². The van der Waals surface area contributed by atoms with Crippen molar-refractivity contribution in [1.29, 1.82) is 0 Å². The first kappa shape index (κ1) is 20.2. The van der Waals surface area contributed by atoms with Crippen LogP contribution in [0.2, 0.25) is 0 Å². The number of aromatic nitrogens is 2. The van der Waals surface area contributed by atoms with Crippen LogP contribution in [-0.2, 0) is 0 Å².